The van der Waals surface area contributed by atoms with Crippen LogP contribution in [0.1, 0.15) is 29.2 Å². The van der Waals surface area contributed by atoms with Crippen molar-refractivity contribution in [3.8, 4) is 0 Å². The molecule has 1 nitrogen and oxygen atoms in total. The number of hydrogen-bond acceptors (Lipinski definition) is 1. The predicted octanol–water partition coefficient (Wildman–Crippen LogP) is 4.46. The van der Waals surface area contributed by atoms with Crippen molar-refractivity contribution in [2.45, 2.75) is 25.4 Å². The fraction of sp³-hybridized carbons (Fsp3) is 0.294. The van der Waals surface area contributed by atoms with Crippen molar-refractivity contribution in [3.63, 3.8) is 0 Å². The smallest absolute Gasteiger partial charge is 0.0451 e. The van der Waals surface area contributed by atoms with Crippen LogP contribution in [0.4, 0.5) is 0 Å². The number of aryl methyl sites for hydroxylation is 1. The maximum atomic E-state index is 6.25. The lowest BCUT2D eigenvalue weighted by Gasteiger charge is -2.25. The maximum Gasteiger partial charge on any atom is 0.0451 e. The van der Waals surface area contributed by atoms with Crippen LogP contribution in [0.25, 0.3) is 0 Å². The molecule has 1 atom stereocenters. The Morgan fingerprint density at radius 1 is 1.11 bits per heavy atom. The van der Waals surface area contributed by atoms with Crippen molar-refractivity contribution >= 4 is 11.6 Å². The Morgan fingerprint density at radius 3 is 2.68 bits per heavy atom. The standard InChI is InChI=1S/C17H18ClN/c1-19(12-14-7-3-5-9-16(14)18)17-11-10-13-6-2-4-8-15(13)17/h2-9,17H,10-12H2,1H3. The molecule has 0 saturated carbocycles. The predicted molar refractivity (Wildman–Crippen MR) is 80.4 cm³/mol. The normalized spacial score (nSPS) is 17.7. The minimum Gasteiger partial charge on any atom is -0.295 e. The van der Waals surface area contributed by atoms with Crippen LogP contribution in [0, 0.1) is 0 Å². The van der Waals surface area contributed by atoms with Crippen LogP contribution < -0.4 is 0 Å². The largest absolute Gasteiger partial charge is 0.295 e. The van der Waals surface area contributed by atoms with E-state index >= 15 is 0 Å². The third-order valence-electron chi connectivity index (χ3n) is 4.01. The van der Waals surface area contributed by atoms with Crippen molar-refractivity contribution in [2.75, 3.05) is 7.05 Å². The molecule has 0 N–H and O–H groups in total. The van der Waals surface area contributed by atoms with E-state index < -0.39 is 0 Å². The average Bonchev–Trinajstić information content (AvgIpc) is 2.85. The van der Waals surface area contributed by atoms with Gasteiger partial charge in [0.25, 0.3) is 0 Å². The van der Waals surface area contributed by atoms with Gasteiger partial charge in [-0.3, -0.25) is 4.90 Å². The van der Waals surface area contributed by atoms with Crippen LogP contribution in [-0.2, 0) is 13.0 Å². The molecule has 0 aliphatic heterocycles. The number of fused-ring (bicyclic) bond motifs is 1. The zero-order chi connectivity index (χ0) is 13.2. The van der Waals surface area contributed by atoms with E-state index in [1.54, 1.807) is 0 Å². The highest BCUT2D eigenvalue weighted by Crippen LogP contribution is 2.35. The number of nitrogens with zero attached hydrogens (tertiary/aromatic N) is 1. The second kappa shape index (κ2) is 5.36. The minimum absolute atomic E-state index is 0.521. The molecular weight excluding hydrogens is 254 g/mol. The zero-order valence-corrected chi connectivity index (χ0v) is 11.9. The van der Waals surface area contributed by atoms with Gasteiger partial charge in [-0.1, -0.05) is 54.1 Å². The first-order valence-corrected chi connectivity index (χ1v) is 7.15. The van der Waals surface area contributed by atoms with E-state index in [-0.39, 0.29) is 0 Å². The summed E-state index contributed by atoms with van der Waals surface area (Å²) in [5.41, 5.74) is 4.19. The van der Waals surface area contributed by atoms with Gasteiger partial charge >= 0.3 is 0 Å². The quantitative estimate of drug-likeness (QED) is 0.797. The second-order valence-electron chi connectivity index (χ2n) is 5.26. The highest BCUT2D eigenvalue weighted by atomic mass is 35.5. The lowest BCUT2D eigenvalue weighted by atomic mass is 10.1. The molecule has 0 fully saturated rings. The molecule has 98 valence electrons. The Bertz CT molecular complexity index is 579. The number of benzene rings is 2. The number of rotatable bonds is 3. The van der Waals surface area contributed by atoms with Crippen molar-refractivity contribution in [1.82, 2.24) is 4.90 Å². The molecule has 0 amide bonds. The van der Waals surface area contributed by atoms with Crippen molar-refractivity contribution in [2.24, 2.45) is 0 Å². The van der Waals surface area contributed by atoms with Crippen LogP contribution in [0.15, 0.2) is 48.5 Å². The molecule has 0 spiro atoms. The summed E-state index contributed by atoms with van der Waals surface area (Å²) < 4.78 is 0. The van der Waals surface area contributed by atoms with Gasteiger partial charge in [-0.25, -0.2) is 0 Å². The van der Waals surface area contributed by atoms with E-state index in [1.807, 2.05) is 12.1 Å². The first-order valence-electron chi connectivity index (χ1n) is 6.77. The first kappa shape index (κ1) is 12.7. The molecule has 0 bridgehead atoms. The van der Waals surface area contributed by atoms with Crippen LogP contribution in [0.3, 0.4) is 0 Å². The highest BCUT2D eigenvalue weighted by Gasteiger charge is 2.25. The molecule has 0 saturated heterocycles. The van der Waals surface area contributed by atoms with Gasteiger partial charge in [0, 0.05) is 17.6 Å². The summed E-state index contributed by atoms with van der Waals surface area (Å²) in [6.07, 6.45) is 2.40. The van der Waals surface area contributed by atoms with Gasteiger partial charge in [0.05, 0.1) is 0 Å². The summed E-state index contributed by atoms with van der Waals surface area (Å²) in [6, 6.07) is 17.4. The van der Waals surface area contributed by atoms with Crippen molar-refractivity contribution < 1.29 is 0 Å². The molecule has 1 aliphatic carbocycles. The van der Waals surface area contributed by atoms with E-state index in [1.165, 1.54) is 29.5 Å². The van der Waals surface area contributed by atoms with Gasteiger partial charge in [0.15, 0.2) is 0 Å². The third-order valence-corrected chi connectivity index (χ3v) is 4.38. The number of hydrogen-bond donors (Lipinski definition) is 0. The summed E-state index contributed by atoms with van der Waals surface area (Å²) in [5, 5.41) is 0.862. The van der Waals surface area contributed by atoms with Crippen LogP contribution in [-0.4, -0.2) is 11.9 Å². The topological polar surface area (TPSA) is 3.24 Å². The number of halogens is 1. The van der Waals surface area contributed by atoms with Gasteiger partial charge < -0.3 is 0 Å². The zero-order valence-electron chi connectivity index (χ0n) is 11.1. The molecule has 1 unspecified atom stereocenters. The third kappa shape index (κ3) is 2.54. The summed E-state index contributed by atoms with van der Waals surface area (Å²) in [4.78, 5) is 2.41. The Morgan fingerprint density at radius 2 is 1.84 bits per heavy atom. The summed E-state index contributed by atoms with van der Waals surface area (Å²) >= 11 is 6.25. The van der Waals surface area contributed by atoms with E-state index in [9.17, 15) is 0 Å². The molecule has 1 aliphatic rings. The van der Waals surface area contributed by atoms with Gasteiger partial charge in [-0.15, -0.1) is 0 Å². The molecule has 3 rings (SSSR count). The average molecular weight is 272 g/mol. The monoisotopic (exact) mass is 271 g/mol. The maximum absolute atomic E-state index is 6.25. The summed E-state index contributed by atoms with van der Waals surface area (Å²) in [7, 11) is 2.19. The van der Waals surface area contributed by atoms with Gasteiger partial charge in [-0.2, -0.15) is 0 Å². The van der Waals surface area contributed by atoms with Crippen molar-refractivity contribution in [1.29, 1.82) is 0 Å². The Labute approximate surface area is 119 Å². The molecule has 2 heteroatoms. The van der Waals surface area contributed by atoms with E-state index in [4.69, 9.17) is 11.6 Å². The minimum atomic E-state index is 0.521. The molecule has 0 radical (unpaired) electrons. The van der Waals surface area contributed by atoms with E-state index in [0.717, 1.165) is 11.6 Å². The second-order valence-corrected chi connectivity index (χ2v) is 5.67. The van der Waals surface area contributed by atoms with Crippen LogP contribution >= 0.6 is 11.6 Å². The molecule has 2 aromatic carbocycles. The molecule has 2 aromatic rings. The Hall–Kier alpha value is -1.31. The first-order chi connectivity index (χ1) is 9.25. The van der Waals surface area contributed by atoms with Crippen LogP contribution in [0.2, 0.25) is 5.02 Å². The molecule has 19 heavy (non-hydrogen) atoms. The molecule has 0 heterocycles. The Balaban J connectivity index is 1.79. The lowest BCUT2D eigenvalue weighted by Crippen LogP contribution is -2.22. The van der Waals surface area contributed by atoms with Crippen LogP contribution in [0.5, 0.6) is 0 Å². The summed E-state index contributed by atoms with van der Waals surface area (Å²) in [6.45, 7) is 0.901. The van der Waals surface area contributed by atoms with Crippen molar-refractivity contribution in [3.05, 3.63) is 70.2 Å². The Kier molecular flexibility index (Phi) is 3.58. The van der Waals surface area contributed by atoms with E-state index in [2.05, 4.69) is 48.3 Å². The fourth-order valence-electron chi connectivity index (χ4n) is 3.00. The van der Waals surface area contributed by atoms with Gasteiger partial charge in [-0.05, 0) is 42.6 Å². The van der Waals surface area contributed by atoms with Gasteiger partial charge in [0.1, 0.15) is 0 Å². The fourth-order valence-corrected chi connectivity index (χ4v) is 3.19. The van der Waals surface area contributed by atoms with E-state index in [0.29, 0.717) is 6.04 Å². The van der Waals surface area contributed by atoms with Gasteiger partial charge in [0.2, 0.25) is 0 Å². The summed E-state index contributed by atoms with van der Waals surface area (Å²) in [5.74, 6) is 0. The SMILES string of the molecule is CN(Cc1ccccc1Cl)C1CCc2ccccc21. The molecular formula is C17H18ClN. The molecule has 0 aromatic heterocycles. The lowest BCUT2D eigenvalue weighted by molar-refractivity contribution is 0.236. The highest BCUT2D eigenvalue weighted by molar-refractivity contribution is 6.31.